The zero-order chi connectivity index (χ0) is 15.5. The molecule has 21 heavy (non-hydrogen) atoms. The van der Waals surface area contributed by atoms with Gasteiger partial charge in [0, 0.05) is 30.9 Å². The molecule has 1 aliphatic carbocycles. The highest BCUT2D eigenvalue weighted by Gasteiger charge is 2.44. The molecule has 3 N–H and O–H groups in total. The topological polar surface area (TPSA) is 68.0 Å². The van der Waals surface area contributed by atoms with Crippen molar-refractivity contribution in [3.8, 4) is 0 Å². The van der Waals surface area contributed by atoms with Crippen molar-refractivity contribution in [1.29, 1.82) is 0 Å². The lowest BCUT2D eigenvalue weighted by atomic mass is 9.61. The van der Waals surface area contributed by atoms with Crippen LogP contribution in [0, 0.1) is 17.3 Å². The maximum absolute atomic E-state index is 12.5. The van der Waals surface area contributed by atoms with Crippen LogP contribution in [0.2, 0.25) is 0 Å². The quantitative estimate of drug-likeness (QED) is 0.892. The van der Waals surface area contributed by atoms with Gasteiger partial charge < -0.3 is 11.1 Å². The molecule has 116 valence electrons. The summed E-state index contributed by atoms with van der Waals surface area (Å²) in [5, 5.41) is 3.08. The van der Waals surface area contributed by atoms with Crippen LogP contribution in [0.3, 0.4) is 0 Å². The second-order valence-corrected chi connectivity index (χ2v) is 6.81. The maximum Gasteiger partial charge on any atom is 0.223 e. The van der Waals surface area contributed by atoms with Gasteiger partial charge in [0.15, 0.2) is 0 Å². The number of nitrogens with zero attached hydrogens (tertiary/aromatic N) is 1. The van der Waals surface area contributed by atoms with E-state index in [0.29, 0.717) is 12.5 Å². The average molecular weight is 289 g/mol. The Morgan fingerprint density at radius 3 is 2.90 bits per heavy atom. The molecule has 4 heteroatoms. The van der Waals surface area contributed by atoms with Crippen LogP contribution in [0.4, 0.5) is 0 Å². The van der Waals surface area contributed by atoms with Gasteiger partial charge in [0.25, 0.3) is 0 Å². The van der Waals surface area contributed by atoms with Crippen molar-refractivity contribution in [2.75, 3.05) is 6.54 Å². The normalized spacial score (nSPS) is 28.1. The summed E-state index contributed by atoms with van der Waals surface area (Å²) in [7, 11) is 0. The summed E-state index contributed by atoms with van der Waals surface area (Å²) in [5.74, 6) is 0.587. The van der Waals surface area contributed by atoms with Crippen LogP contribution in [0.1, 0.15) is 39.2 Å². The standard InChI is InChI=1S/C17H27N3O/c1-12-15(18)7-6-14(17(12,2)3)16(21)20-10-8-13-5-4-9-19-11-13/h4-5,9,11-12,14-15H,6-8,10,18H2,1-3H3,(H,20,21). The molecule has 0 aliphatic heterocycles. The lowest BCUT2D eigenvalue weighted by Gasteiger charge is -2.46. The van der Waals surface area contributed by atoms with Crippen LogP contribution in [-0.4, -0.2) is 23.5 Å². The first-order valence-corrected chi connectivity index (χ1v) is 7.85. The molecule has 0 bridgehead atoms. The molecule has 0 radical (unpaired) electrons. The van der Waals surface area contributed by atoms with E-state index in [4.69, 9.17) is 5.73 Å². The Hall–Kier alpha value is -1.42. The summed E-state index contributed by atoms with van der Waals surface area (Å²) in [4.78, 5) is 16.6. The Morgan fingerprint density at radius 2 is 2.24 bits per heavy atom. The number of carbonyl (C=O) groups excluding carboxylic acids is 1. The minimum atomic E-state index is -0.0456. The molecule has 0 aromatic carbocycles. The van der Waals surface area contributed by atoms with E-state index in [2.05, 4.69) is 31.1 Å². The molecule has 3 atom stereocenters. The van der Waals surface area contributed by atoms with Crippen molar-refractivity contribution in [1.82, 2.24) is 10.3 Å². The van der Waals surface area contributed by atoms with E-state index in [0.717, 1.165) is 24.8 Å². The number of nitrogens with two attached hydrogens (primary N) is 1. The fraction of sp³-hybridized carbons (Fsp3) is 0.647. The molecular weight excluding hydrogens is 262 g/mol. The molecular formula is C17H27N3O. The largest absolute Gasteiger partial charge is 0.356 e. The summed E-state index contributed by atoms with van der Waals surface area (Å²) in [6, 6.07) is 4.16. The van der Waals surface area contributed by atoms with Crippen LogP contribution in [-0.2, 0) is 11.2 Å². The number of carbonyl (C=O) groups is 1. The van der Waals surface area contributed by atoms with Crippen LogP contribution < -0.4 is 11.1 Å². The fourth-order valence-electron chi connectivity index (χ4n) is 3.32. The molecule has 0 saturated heterocycles. The molecule has 1 saturated carbocycles. The van der Waals surface area contributed by atoms with E-state index in [1.54, 1.807) is 6.20 Å². The minimum Gasteiger partial charge on any atom is -0.356 e. The highest BCUT2D eigenvalue weighted by Crippen LogP contribution is 2.44. The average Bonchev–Trinajstić information content (AvgIpc) is 2.46. The first-order valence-electron chi connectivity index (χ1n) is 7.85. The predicted octanol–water partition coefficient (Wildman–Crippen LogP) is 2.14. The molecule has 1 aromatic heterocycles. The van der Waals surface area contributed by atoms with Crippen LogP contribution >= 0.6 is 0 Å². The Balaban J connectivity index is 1.88. The van der Waals surface area contributed by atoms with E-state index in [-0.39, 0.29) is 23.3 Å². The molecule has 3 unspecified atom stereocenters. The molecule has 1 heterocycles. The van der Waals surface area contributed by atoms with Crippen molar-refractivity contribution >= 4 is 5.91 Å². The molecule has 4 nitrogen and oxygen atoms in total. The number of amides is 1. The van der Waals surface area contributed by atoms with Gasteiger partial charge in [-0.15, -0.1) is 0 Å². The van der Waals surface area contributed by atoms with Gasteiger partial charge in [-0.2, -0.15) is 0 Å². The van der Waals surface area contributed by atoms with Crippen LogP contribution in [0.5, 0.6) is 0 Å². The number of nitrogens with one attached hydrogen (secondary N) is 1. The van der Waals surface area contributed by atoms with E-state index in [1.807, 2.05) is 18.3 Å². The summed E-state index contributed by atoms with van der Waals surface area (Å²) in [6.07, 6.45) is 6.25. The van der Waals surface area contributed by atoms with Gasteiger partial charge in [-0.25, -0.2) is 0 Å². The molecule has 1 amide bonds. The monoisotopic (exact) mass is 289 g/mol. The van der Waals surface area contributed by atoms with Crippen molar-refractivity contribution in [2.45, 2.75) is 46.1 Å². The zero-order valence-electron chi connectivity index (χ0n) is 13.3. The highest BCUT2D eigenvalue weighted by atomic mass is 16.1. The third-order valence-electron chi connectivity index (χ3n) is 5.25. The van der Waals surface area contributed by atoms with E-state index in [1.165, 1.54) is 0 Å². The Labute approximate surface area is 127 Å². The van der Waals surface area contributed by atoms with Gasteiger partial charge in [0.1, 0.15) is 0 Å². The second kappa shape index (κ2) is 6.56. The Morgan fingerprint density at radius 1 is 1.48 bits per heavy atom. The SMILES string of the molecule is CC1C(N)CCC(C(=O)NCCc2cccnc2)C1(C)C. The number of hydrogen-bond acceptors (Lipinski definition) is 3. The number of rotatable bonds is 4. The lowest BCUT2D eigenvalue weighted by molar-refractivity contribution is -0.132. The van der Waals surface area contributed by atoms with Crippen LogP contribution in [0.25, 0.3) is 0 Å². The van der Waals surface area contributed by atoms with Gasteiger partial charge in [0.05, 0.1) is 0 Å². The number of aromatic nitrogens is 1. The Bertz CT molecular complexity index is 472. The minimum absolute atomic E-state index is 0.0456. The third kappa shape index (κ3) is 3.62. The summed E-state index contributed by atoms with van der Waals surface area (Å²) >= 11 is 0. The Kier molecular flexibility index (Phi) is 4.99. The van der Waals surface area contributed by atoms with E-state index in [9.17, 15) is 4.79 Å². The fourth-order valence-corrected chi connectivity index (χ4v) is 3.32. The van der Waals surface area contributed by atoms with Crippen molar-refractivity contribution in [2.24, 2.45) is 23.0 Å². The molecule has 0 spiro atoms. The third-order valence-corrected chi connectivity index (χ3v) is 5.25. The first-order chi connectivity index (χ1) is 9.93. The molecule has 1 aromatic rings. The van der Waals surface area contributed by atoms with Crippen molar-refractivity contribution in [3.63, 3.8) is 0 Å². The smallest absolute Gasteiger partial charge is 0.223 e. The second-order valence-electron chi connectivity index (χ2n) is 6.81. The molecule has 2 rings (SSSR count). The summed E-state index contributed by atoms with van der Waals surface area (Å²) in [6.45, 7) is 7.17. The highest BCUT2D eigenvalue weighted by molar-refractivity contribution is 5.79. The van der Waals surface area contributed by atoms with Crippen LogP contribution in [0.15, 0.2) is 24.5 Å². The maximum atomic E-state index is 12.5. The first kappa shape index (κ1) is 16.0. The van der Waals surface area contributed by atoms with Crippen molar-refractivity contribution < 1.29 is 4.79 Å². The van der Waals surface area contributed by atoms with E-state index < -0.39 is 0 Å². The van der Waals surface area contributed by atoms with Gasteiger partial charge in [0.2, 0.25) is 5.91 Å². The number of hydrogen-bond donors (Lipinski definition) is 2. The number of pyridine rings is 1. The zero-order valence-corrected chi connectivity index (χ0v) is 13.3. The summed E-state index contributed by atoms with van der Waals surface area (Å²) in [5.41, 5.74) is 7.26. The van der Waals surface area contributed by atoms with Gasteiger partial charge in [-0.3, -0.25) is 9.78 Å². The lowest BCUT2D eigenvalue weighted by Crippen LogP contribution is -2.51. The molecule has 1 aliphatic rings. The van der Waals surface area contributed by atoms with Gasteiger partial charge in [-0.1, -0.05) is 26.8 Å². The van der Waals surface area contributed by atoms with Gasteiger partial charge >= 0.3 is 0 Å². The van der Waals surface area contributed by atoms with Gasteiger partial charge in [-0.05, 0) is 42.2 Å². The predicted molar refractivity (Wildman–Crippen MR) is 84.6 cm³/mol. The van der Waals surface area contributed by atoms with Crippen molar-refractivity contribution in [3.05, 3.63) is 30.1 Å². The molecule has 1 fully saturated rings. The summed E-state index contributed by atoms with van der Waals surface area (Å²) < 4.78 is 0. The van der Waals surface area contributed by atoms with E-state index >= 15 is 0 Å².